The molecule has 0 saturated heterocycles. The van der Waals surface area contributed by atoms with Crippen molar-refractivity contribution in [3.8, 4) is 118 Å². The monoisotopic (exact) mass is 1120 g/mol. The molecule has 12 aromatic carbocycles. The summed E-state index contributed by atoms with van der Waals surface area (Å²) >= 11 is 0. The maximum Gasteiger partial charge on any atom is 0.164 e. The Labute approximate surface area is 510 Å². The summed E-state index contributed by atoms with van der Waals surface area (Å²) in [7, 11) is 0. The molecule has 0 bridgehead atoms. The van der Waals surface area contributed by atoms with Gasteiger partial charge in [0, 0.05) is 49.7 Å². The van der Waals surface area contributed by atoms with Gasteiger partial charge in [-0.15, -0.1) is 0 Å². The van der Waals surface area contributed by atoms with E-state index in [0.717, 1.165) is 100 Å². The predicted molar refractivity (Wildman–Crippen MR) is 366 cm³/mol. The highest BCUT2D eigenvalue weighted by Gasteiger charge is 2.30. The number of nitrogens with zero attached hydrogens (tertiary/aromatic N) is 4. The zero-order valence-corrected chi connectivity index (χ0v) is 50.0. The van der Waals surface area contributed by atoms with Crippen molar-refractivity contribution in [3.63, 3.8) is 0 Å². The highest BCUT2D eigenvalue weighted by Crippen LogP contribution is 2.50. The number of hydrogen-bond acceptors (Lipinski definition) is 3. The Morgan fingerprint density at radius 3 is 0.839 bits per heavy atom. The minimum atomic E-state index is -0.153. The average molecular weight is 1120 g/mol. The summed E-state index contributed by atoms with van der Waals surface area (Å²) in [5.74, 6) is 1.73. The molecule has 0 aliphatic rings. The lowest BCUT2D eigenvalue weighted by atomic mass is 9.82. The van der Waals surface area contributed by atoms with Gasteiger partial charge in [0.2, 0.25) is 0 Å². The number of aromatic nitrogens is 4. The summed E-state index contributed by atoms with van der Waals surface area (Å²) in [5.41, 5.74) is 23.7. The fraction of sp³-hybridized carbons (Fsp3) is 0.0964. The van der Waals surface area contributed by atoms with Crippen molar-refractivity contribution in [1.29, 1.82) is 0 Å². The van der Waals surface area contributed by atoms with E-state index in [0.29, 0.717) is 17.5 Å². The van der Waals surface area contributed by atoms with Crippen LogP contribution in [0.5, 0.6) is 0 Å². The third kappa shape index (κ3) is 10.7. The first kappa shape index (κ1) is 54.4. The molecule has 0 unspecified atom stereocenters. The largest absolute Gasteiger partial charge is 0.307 e. The second kappa shape index (κ2) is 22.5. The van der Waals surface area contributed by atoms with Gasteiger partial charge >= 0.3 is 0 Å². The Kier molecular flexibility index (Phi) is 14.0. The van der Waals surface area contributed by atoms with Crippen LogP contribution in [0.15, 0.2) is 291 Å². The van der Waals surface area contributed by atoms with Crippen LogP contribution >= 0.6 is 0 Å². The molecule has 2 aromatic heterocycles. The first-order chi connectivity index (χ1) is 42.4. The Hall–Kier alpha value is -10.6. The lowest BCUT2D eigenvalue weighted by molar-refractivity contribution is 0.590. The molecule has 418 valence electrons. The first-order valence-electron chi connectivity index (χ1n) is 30.2. The van der Waals surface area contributed by atoms with Crippen molar-refractivity contribution in [2.24, 2.45) is 0 Å². The van der Waals surface area contributed by atoms with Gasteiger partial charge in [-0.3, -0.25) is 0 Å². The van der Waals surface area contributed by atoms with E-state index in [-0.39, 0.29) is 10.8 Å². The Morgan fingerprint density at radius 2 is 0.494 bits per heavy atom. The smallest absolute Gasteiger partial charge is 0.164 e. The lowest BCUT2D eigenvalue weighted by Crippen LogP contribution is -2.11. The van der Waals surface area contributed by atoms with Gasteiger partial charge in [0.1, 0.15) is 0 Å². The molecule has 14 rings (SSSR count). The van der Waals surface area contributed by atoms with E-state index < -0.39 is 0 Å². The van der Waals surface area contributed by atoms with Crippen LogP contribution < -0.4 is 0 Å². The molecule has 0 atom stereocenters. The summed E-state index contributed by atoms with van der Waals surface area (Å²) in [6.07, 6.45) is 0. The summed E-state index contributed by atoms with van der Waals surface area (Å²) < 4.78 is 2.63. The van der Waals surface area contributed by atoms with Crippen molar-refractivity contribution in [3.05, 3.63) is 302 Å². The van der Waals surface area contributed by atoms with Crippen LogP contribution in [0.3, 0.4) is 0 Å². The van der Waals surface area contributed by atoms with Gasteiger partial charge in [-0.05, 0) is 132 Å². The normalized spacial score (nSPS) is 11.8. The maximum absolute atomic E-state index is 5.64. The molecule has 14 aromatic rings. The van der Waals surface area contributed by atoms with E-state index in [1.807, 2.05) is 0 Å². The quantitative estimate of drug-likeness (QED) is 0.130. The molecule has 0 radical (unpaired) electrons. The van der Waals surface area contributed by atoms with E-state index in [1.54, 1.807) is 0 Å². The number of hydrogen-bond donors (Lipinski definition) is 0. The Morgan fingerprint density at radius 1 is 0.230 bits per heavy atom. The molecule has 0 aliphatic heterocycles. The average Bonchev–Trinajstić information content (AvgIpc) is 1.58. The van der Waals surface area contributed by atoms with E-state index in [4.69, 9.17) is 15.0 Å². The second-order valence-electron chi connectivity index (χ2n) is 24.8. The molecule has 0 fully saturated rings. The number of benzene rings is 12. The van der Waals surface area contributed by atoms with E-state index in [1.165, 1.54) is 33.0 Å². The van der Waals surface area contributed by atoms with Crippen LogP contribution in [0.1, 0.15) is 52.7 Å². The maximum atomic E-state index is 5.64. The molecule has 0 amide bonds. The molecule has 2 heterocycles. The summed E-state index contributed by atoms with van der Waals surface area (Å²) in [6.45, 7) is 14.0. The Balaban J connectivity index is 1.12. The van der Waals surface area contributed by atoms with Crippen molar-refractivity contribution in [2.45, 2.75) is 52.4 Å². The summed E-state index contributed by atoms with van der Waals surface area (Å²) in [5, 5.41) is 2.42. The summed E-state index contributed by atoms with van der Waals surface area (Å²) in [6, 6.07) is 105. The van der Waals surface area contributed by atoms with Crippen molar-refractivity contribution < 1.29 is 0 Å². The van der Waals surface area contributed by atoms with E-state index in [9.17, 15) is 0 Å². The highest BCUT2D eigenvalue weighted by atomic mass is 15.0. The predicted octanol–water partition coefficient (Wildman–Crippen LogP) is 22.2. The summed E-state index contributed by atoms with van der Waals surface area (Å²) in [4.78, 5) is 16.7. The zero-order valence-electron chi connectivity index (χ0n) is 50.0. The highest BCUT2D eigenvalue weighted by molar-refractivity contribution is 6.19. The first-order valence-corrected chi connectivity index (χ1v) is 30.2. The standard InChI is InChI=1S/C83H66N4/c1-82(2,3)68-51-72(61-38-24-12-25-39-61)77-74(53-68)75-54-69(83(4,5)6)52-73(62-40-26-13-27-41-62)78(75)87(77)76-70(59-34-20-10-21-35-59)49-67(50-71(76)60-36-22-11-23-37-60)81-85-79(63-44-42-58(43-45-63)55-28-14-7-15-29-55)84-80(86-81)66-47-64(56-30-16-8-17-31-56)46-65(48-66)57-32-18-9-19-33-57/h7-54H,1-6H3. The molecular formula is C83H66N4. The fourth-order valence-electron chi connectivity index (χ4n) is 12.3. The van der Waals surface area contributed by atoms with Crippen molar-refractivity contribution >= 4 is 21.8 Å². The topological polar surface area (TPSA) is 43.6 Å². The van der Waals surface area contributed by atoms with Crippen molar-refractivity contribution in [1.82, 2.24) is 19.5 Å². The van der Waals surface area contributed by atoms with Crippen LogP contribution in [0, 0.1) is 0 Å². The van der Waals surface area contributed by atoms with Gasteiger partial charge in [0.05, 0.1) is 16.7 Å². The van der Waals surface area contributed by atoms with Gasteiger partial charge < -0.3 is 4.57 Å². The van der Waals surface area contributed by atoms with Crippen LogP contribution in [-0.2, 0) is 10.8 Å². The van der Waals surface area contributed by atoms with Gasteiger partial charge in [0.25, 0.3) is 0 Å². The molecule has 4 nitrogen and oxygen atoms in total. The minimum absolute atomic E-state index is 0.153. The van der Waals surface area contributed by atoms with Crippen molar-refractivity contribution in [2.75, 3.05) is 0 Å². The minimum Gasteiger partial charge on any atom is -0.307 e. The third-order valence-corrected chi connectivity index (χ3v) is 16.9. The van der Waals surface area contributed by atoms with Crippen LogP contribution in [0.25, 0.3) is 140 Å². The zero-order chi connectivity index (χ0) is 59.2. The Bertz CT molecular complexity index is 4560. The second-order valence-corrected chi connectivity index (χ2v) is 24.8. The van der Waals surface area contributed by atoms with Gasteiger partial charge in [-0.25, -0.2) is 15.0 Å². The molecule has 0 N–H and O–H groups in total. The molecular weight excluding hydrogens is 1050 g/mol. The van der Waals surface area contributed by atoms with Crippen LogP contribution in [0.2, 0.25) is 0 Å². The van der Waals surface area contributed by atoms with Gasteiger partial charge in [-0.2, -0.15) is 0 Å². The fourth-order valence-corrected chi connectivity index (χ4v) is 12.3. The van der Waals surface area contributed by atoms with Crippen LogP contribution in [0.4, 0.5) is 0 Å². The molecule has 0 saturated carbocycles. The molecule has 4 heteroatoms. The van der Waals surface area contributed by atoms with Gasteiger partial charge in [-0.1, -0.05) is 278 Å². The van der Waals surface area contributed by atoms with Crippen LogP contribution in [-0.4, -0.2) is 19.5 Å². The lowest BCUT2D eigenvalue weighted by Gasteiger charge is -2.25. The SMILES string of the molecule is CC(C)(C)c1cc(-c2ccccc2)c2c(c1)c1cc(C(C)(C)C)cc(-c3ccccc3)c1n2-c1c(-c2ccccc2)cc(-c2nc(-c3ccc(-c4ccccc4)cc3)nc(-c3cc(-c4ccccc4)cc(-c4ccccc4)c3)n2)cc1-c1ccccc1. The van der Waals surface area contributed by atoms with E-state index in [2.05, 4.69) is 337 Å². The van der Waals surface area contributed by atoms with Gasteiger partial charge in [0.15, 0.2) is 17.5 Å². The number of fused-ring (bicyclic) bond motifs is 3. The molecule has 0 aliphatic carbocycles. The molecule has 0 spiro atoms. The number of rotatable bonds is 11. The third-order valence-electron chi connectivity index (χ3n) is 16.9. The molecule has 87 heavy (non-hydrogen) atoms. The van der Waals surface area contributed by atoms with E-state index >= 15 is 0 Å².